The molecule has 0 heterocycles. The number of guanidine groups is 1. The molecule has 0 amide bonds. The Kier molecular flexibility index (Phi) is 10.8. The first kappa shape index (κ1) is 24.3. The topological polar surface area (TPSA) is 111 Å². The maximum atomic E-state index is 12.2. The third-order valence-electron chi connectivity index (χ3n) is 4.18. The molecule has 0 spiro atoms. The maximum Gasteiger partial charge on any atom is 0.240 e. The van der Waals surface area contributed by atoms with Crippen LogP contribution in [-0.4, -0.2) is 27.5 Å². The van der Waals surface area contributed by atoms with Gasteiger partial charge in [-0.2, -0.15) is 0 Å². The van der Waals surface area contributed by atoms with Crippen LogP contribution in [0.1, 0.15) is 25.7 Å². The second-order valence-electron chi connectivity index (χ2n) is 5.96. The summed E-state index contributed by atoms with van der Waals surface area (Å²) in [5, 5.41) is 0.517. The zero-order valence-electron chi connectivity index (χ0n) is 13.7. The molecule has 1 aromatic carbocycles. The second-order valence-corrected chi connectivity index (χ2v) is 8.16. The summed E-state index contributed by atoms with van der Waals surface area (Å²) < 4.78 is 27.1. The van der Waals surface area contributed by atoms with Gasteiger partial charge in [-0.05, 0) is 61.8 Å². The molecule has 2 rings (SSSR count). The van der Waals surface area contributed by atoms with Crippen LogP contribution in [0.2, 0.25) is 5.02 Å². The molecule has 6 nitrogen and oxygen atoms in total. The summed E-state index contributed by atoms with van der Waals surface area (Å²) >= 11 is 5.78. The predicted octanol–water partition coefficient (Wildman–Crippen LogP) is 2.54. The molecule has 144 valence electrons. The number of hydrogen-bond donors (Lipinski definition) is 3. The third-order valence-corrected chi connectivity index (χ3v) is 5.88. The van der Waals surface area contributed by atoms with Gasteiger partial charge >= 0.3 is 0 Å². The van der Waals surface area contributed by atoms with E-state index >= 15 is 0 Å². The first-order valence-electron chi connectivity index (χ1n) is 7.67. The van der Waals surface area contributed by atoms with E-state index in [4.69, 9.17) is 23.1 Å². The van der Waals surface area contributed by atoms with Gasteiger partial charge in [-0.15, -0.1) is 24.8 Å². The molecule has 0 aromatic heterocycles. The van der Waals surface area contributed by atoms with Crippen LogP contribution >= 0.6 is 36.4 Å². The number of nitrogens with two attached hydrogens (primary N) is 2. The number of halogens is 3. The van der Waals surface area contributed by atoms with Crippen LogP contribution in [0.3, 0.4) is 0 Å². The van der Waals surface area contributed by atoms with Crippen molar-refractivity contribution in [1.29, 1.82) is 0 Å². The minimum Gasteiger partial charge on any atom is -0.370 e. The van der Waals surface area contributed by atoms with E-state index in [0.717, 1.165) is 25.7 Å². The molecular formula is C15H25Cl3N4O2S. The van der Waals surface area contributed by atoms with Gasteiger partial charge in [0, 0.05) is 18.1 Å². The molecule has 0 saturated heterocycles. The molecule has 1 fully saturated rings. The zero-order valence-corrected chi connectivity index (χ0v) is 16.9. The Morgan fingerprint density at radius 2 is 1.60 bits per heavy atom. The fourth-order valence-corrected chi connectivity index (χ4v) is 4.02. The molecule has 0 unspecified atom stereocenters. The third kappa shape index (κ3) is 8.00. The molecule has 0 bridgehead atoms. The van der Waals surface area contributed by atoms with E-state index in [9.17, 15) is 8.42 Å². The largest absolute Gasteiger partial charge is 0.370 e. The average Bonchev–Trinajstić information content (AvgIpc) is 2.52. The lowest BCUT2D eigenvalue weighted by Crippen LogP contribution is -2.32. The minimum atomic E-state index is -3.47. The molecule has 1 aliphatic carbocycles. The predicted molar refractivity (Wildman–Crippen MR) is 107 cm³/mol. The van der Waals surface area contributed by atoms with E-state index in [0.29, 0.717) is 29.9 Å². The molecule has 0 aliphatic heterocycles. The smallest absolute Gasteiger partial charge is 0.240 e. The summed E-state index contributed by atoms with van der Waals surface area (Å²) in [7, 11) is -3.47. The molecule has 0 atom stereocenters. The minimum absolute atomic E-state index is 0. The van der Waals surface area contributed by atoms with Gasteiger partial charge in [0.2, 0.25) is 10.0 Å². The summed E-state index contributed by atoms with van der Waals surface area (Å²) in [6, 6.07) is 6.17. The van der Waals surface area contributed by atoms with E-state index in [-0.39, 0.29) is 35.7 Å². The number of rotatable bonds is 6. The Morgan fingerprint density at radius 3 is 2.12 bits per heavy atom. The van der Waals surface area contributed by atoms with Crippen LogP contribution in [0.4, 0.5) is 0 Å². The van der Waals surface area contributed by atoms with Gasteiger partial charge in [-0.1, -0.05) is 11.6 Å². The zero-order chi connectivity index (χ0) is 16.9. The number of nitrogens with one attached hydrogen (secondary N) is 1. The molecular weight excluding hydrogens is 407 g/mol. The van der Waals surface area contributed by atoms with E-state index < -0.39 is 10.0 Å². The quantitative estimate of drug-likeness (QED) is 0.474. The van der Waals surface area contributed by atoms with Gasteiger partial charge in [-0.25, -0.2) is 13.1 Å². The molecule has 5 N–H and O–H groups in total. The van der Waals surface area contributed by atoms with E-state index in [1.807, 2.05) is 0 Å². The number of sulfonamides is 1. The highest BCUT2D eigenvalue weighted by Crippen LogP contribution is 2.28. The summed E-state index contributed by atoms with van der Waals surface area (Å²) in [5.74, 6) is 0.969. The van der Waals surface area contributed by atoms with Gasteiger partial charge in [0.1, 0.15) is 0 Å². The Bertz CT molecular complexity index is 641. The monoisotopic (exact) mass is 430 g/mol. The van der Waals surface area contributed by atoms with Crippen molar-refractivity contribution in [3.63, 3.8) is 0 Å². The van der Waals surface area contributed by atoms with Gasteiger partial charge in [-0.3, -0.25) is 4.99 Å². The average molecular weight is 432 g/mol. The molecule has 10 heteroatoms. The Labute approximate surface area is 166 Å². The Balaban J connectivity index is 0.00000288. The first-order valence-corrected chi connectivity index (χ1v) is 9.53. The Hall–Kier alpha value is -0.730. The van der Waals surface area contributed by atoms with E-state index in [1.54, 1.807) is 12.1 Å². The van der Waals surface area contributed by atoms with E-state index in [2.05, 4.69) is 9.71 Å². The van der Waals surface area contributed by atoms with Crippen LogP contribution < -0.4 is 16.2 Å². The highest BCUT2D eigenvalue weighted by Gasteiger charge is 2.23. The number of hydrogen-bond acceptors (Lipinski definition) is 3. The lowest BCUT2D eigenvalue weighted by molar-refractivity contribution is 0.280. The fourth-order valence-electron chi connectivity index (χ4n) is 2.78. The normalized spacial score (nSPS) is 20.0. The molecule has 1 aliphatic rings. The van der Waals surface area contributed by atoms with Crippen molar-refractivity contribution in [3.05, 3.63) is 29.3 Å². The Morgan fingerprint density at radius 1 is 1.08 bits per heavy atom. The van der Waals surface area contributed by atoms with Crippen LogP contribution in [0.15, 0.2) is 34.2 Å². The van der Waals surface area contributed by atoms with Gasteiger partial charge in [0.25, 0.3) is 0 Å². The fraction of sp³-hybridized carbons (Fsp3) is 0.533. The van der Waals surface area contributed by atoms with Crippen LogP contribution in [-0.2, 0) is 10.0 Å². The molecule has 0 radical (unpaired) electrons. The summed E-state index contributed by atoms with van der Waals surface area (Å²) in [6.07, 6.45) is 4.00. The SMILES string of the molecule is Cl.Cl.NC(N)=NCC1CCC(CNS(=O)(=O)c2ccc(Cl)cc2)CC1. The highest BCUT2D eigenvalue weighted by atomic mass is 35.5. The van der Waals surface area contributed by atoms with Crippen molar-refractivity contribution < 1.29 is 8.42 Å². The summed E-state index contributed by atoms with van der Waals surface area (Å²) in [4.78, 5) is 4.29. The number of nitrogens with zero attached hydrogens (tertiary/aromatic N) is 1. The van der Waals surface area contributed by atoms with Gasteiger partial charge in [0.05, 0.1) is 4.90 Å². The van der Waals surface area contributed by atoms with Gasteiger partial charge < -0.3 is 11.5 Å². The van der Waals surface area contributed by atoms with Crippen molar-refractivity contribution in [3.8, 4) is 0 Å². The molecule has 1 aromatic rings. The lowest BCUT2D eigenvalue weighted by Gasteiger charge is -2.27. The van der Waals surface area contributed by atoms with Crippen LogP contribution in [0.25, 0.3) is 0 Å². The number of benzene rings is 1. The molecule has 1 saturated carbocycles. The lowest BCUT2D eigenvalue weighted by atomic mass is 9.82. The van der Waals surface area contributed by atoms with Crippen LogP contribution in [0, 0.1) is 11.8 Å². The molecule has 25 heavy (non-hydrogen) atoms. The van der Waals surface area contributed by atoms with Crippen molar-refractivity contribution in [1.82, 2.24) is 4.72 Å². The number of aliphatic imine (C=N–C) groups is 1. The first-order chi connectivity index (χ1) is 10.9. The van der Waals surface area contributed by atoms with Crippen molar-refractivity contribution in [2.45, 2.75) is 30.6 Å². The van der Waals surface area contributed by atoms with Crippen molar-refractivity contribution >= 4 is 52.4 Å². The maximum absolute atomic E-state index is 12.2. The van der Waals surface area contributed by atoms with Crippen molar-refractivity contribution in [2.75, 3.05) is 13.1 Å². The van der Waals surface area contributed by atoms with Gasteiger partial charge in [0.15, 0.2) is 5.96 Å². The van der Waals surface area contributed by atoms with E-state index in [1.165, 1.54) is 12.1 Å². The summed E-state index contributed by atoms with van der Waals surface area (Å²) in [6.45, 7) is 1.12. The summed E-state index contributed by atoms with van der Waals surface area (Å²) in [5.41, 5.74) is 10.7. The second kappa shape index (κ2) is 11.1. The highest BCUT2D eigenvalue weighted by molar-refractivity contribution is 7.89. The van der Waals surface area contributed by atoms with Crippen LogP contribution in [0.5, 0.6) is 0 Å². The standard InChI is InChI=1S/C15H23ClN4O2S.2ClH/c16-13-5-7-14(8-6-13)23(21,22)20-10-12-3-1-11(2-4-12)9-19-15(17)18;;/h5-8,11-12,20H,1-4,9-10H2,(H4,17,18,19);2*1H. The van der Waals surface area contributed by atoms with Crippen molar-refractivity contribution in [2.24, 2.45) is 28.3 Å².